The van der Waals surface area contributed by atoms with Gasteiger partial charge >= 0.3 is 7.60 Å². The molecule has 3 N–H and O–H groups in total. The molecule has 4 rings (SSSR count). The second-order valence-electron chi connectivity index (χ2n) is 8.44. The molecule has 1 fully saturated rings. The summed E-state index contributed by atoms with van der Waals surface area (Å²) in [5, 5.41) is 2.91. The Balaban J connectivity index is 1.46. The predicted molar refractivity (Wildman–Crippen MR) is 119 cm³/mol. The standard InChI is InChI=1S/C24H28NO4P/c26-24(25-23-12-6-17(7-13-23)16-30(27,28)29)21-11-9-19-8-10-20(14-22(19)15-21)18-4-2-1-3-5-18/h6-8,10,12-15,18H,1-5,9,11,16H2,(H,25,26)(H2,27,28,29). The van der Waals surface area contributed by atoms with Crippen LogP contribution < -0.4 is 5.32 Å². The number of carbonyl (C=O) groups excluding carboxylic acids is 1. The lowest BCUT2D eigenvalue weighted by Gasteiger charge is -2.24. The number of nitrogens with one attached hydrogen (secondary N) is 1. The summed E-state index contributed by atoms with van der Waals surface area (Å²) in [4.78, 5) is 30.9. The first-order chi connectivity index (χ1) is 14.4. The molecule has 0 saturated heterocycles. The highest BCUT2D eigenvalue weighted by molar-refractivity contribution is 7.50. The molecule has 30 heavy (non-hydrogen) atoms. The highest BCUT2D eigenvalue weighted by atomic mass is 31.2. The number of hydrogen-bond acceptors (Lipinski definition) is 2. The molecule has 0 aliphatic heterocycles. The number of aryl methyl sites for hydroxylation is 1. The third-order valence-corrected chi connectivity index (χ3v) is 6.91. The van der Waals surface area contributed by atoms with Gasteiger partial charge in [0.05, 0.1) is 6.16 Å². The van der Waals surface area contributed by atoms with E-state index >= 15 is 0 Å². The number of carbonyl (C=O) groups is 1. The number of anilines is 1. The quantitative estimate of drug-likeness (QED) is 0.562. The molecule has 0 bridgehead atoms. The van der Waals surface area contributed by atoms with Gasteiger partial charge in [0.25, 0.3) is 5.91 Å². The van der Waals surface area contributed by atoms with Crippen molar-refractivity contribution in [3.63, 3.8) is 0 Å². The molecule has 1 saturated carbocycles. The summed E-state index contributed by atoms with van der Waals surface area (Å²) in [5.41, 5.74) is 5.79. The maximum atomic E-state index is 12.8. The van der Waals surface area contributed by atoms with Crippen LogP contribution in [0.2, 0.25) is 0 Å². The maximum absolute atomic E-state index is 12.8. The zero-order chi connectivity index (χ0) is 21.1. The molecule has 2 aromatic rings. The molecular weight excluding hydrogens is 397 g/mol. The lowest BCUT2D eigenvalue weighted by Crippen LogP contribution is -2.17. The fourth-order valence-corrected chi connectivity index (χ4v) is 5.20. The molecule has 0 atom stereocenters. The molecular formula is C24H28NO4P. The van der Waals surface area contributed by atoms with Gasteiger partial charge in [0.2, 0.25) is 0 Å². The molecule has 2 aliphatic carbocycles. The topological polar surface area (TPSA) is 86.6 Å². The first-order valence-corrected chi connectivity index (χ1v) is 12.5. The maximum Gasteiger partial charge on any atom is 0.329 e. The minimum atomic E-state index is -4.09. The number of amides is 1. The van der Waals surface area contributed by atoms with Crippen LogP contribution in [0.15, 0.2) is 48.0 Å². The molecule has 158 valence electrons. The highest BCUT2D eigenvalue weighted by Crippen LogP contribution is 2.39. The van der Waals surface area contributed by atoms with Gasteiger partial charge in [-0.25, -0.2) is 0 Å². The molecule has 0 aromatic heterocycles. The summed E-state index contributed by atoms with van der Waals surface area (Å²) in [7, 11) is -4.09. The van der Waals surface area contributed by atoms with Crippen LogP contribution in [-0.4, -0.2) is 15.7 Å². The summed E-state index contributed by atoms with van der Waals surface area (Å²) in [6, 6.07) is 13.4. The fourth-order valence-electron chi connectivity index (χ4n) is 4.52. The van der Waals surface area contributed by atoms with Gasteiger partial charge in [-0.05, 0) is 72.1 Å². The number of fused-ring (bicyclic) bond motifs is 1. The minimum Gasteiger partial charge on any atom is -0.324 e. The smallest absolute Gasteiger partial charge is 0.324 e. The Bertz CT molecular complexity index is 1000. The molecule has 5 nitrogen and oxygen atoms in total. The summed E-state index contributed by atoms with van der Waals surface area (Å²) < 4.78 is 11.1. The van der Waals surface area contributed by atoms with E-state index < -0.39 is 7.60 Å². The van der Waals surface area contributed by atoms with Crippen molar-refractivity contribution < 1.29 is 19.1 Å². The van der Waals surface area contributed by atoms with E-state index in [1.165, 1.54) is 43.2 Å². The highest BCUT2D eigenvalue weighted by Gasteiger charge is 2.20. The summed E-state index contributed by atoms with van der Waals surface area (Å²) >= 11 is 0. The van der Waals surface area contributed by atoms with Gasteiger partial charge in [-0.15, -0.1) is 0 Å². The van der Waals surface area contributed by atoms with Gasteiger partial charge in [0.15, 0.2) is 0 Å². The van der Waals surface area contributed by atoms with Gasteiger partial charge in [0, 0.05) is 11.3 Å². The molecule has 2 aromatic carbocycles. The van der Waals surface area contributed by atoms with Crippen LogP contribution in [0.3, 0.4) is 0 Å². The van der Waals surface area contributed by atoms with E-state index in [0.29, 0.717) is 23.6 Å². The predicted octanol–water partition coefficient (Wildman–Crippen LogP) is 5.38. The van der Waals surface area contributed by atoms with Crippen LogP contribution in [0.25, 0.3) is 6.08 Å². The molecule has 6 heteroatoms. The third-order valence-electron chi connectivity index (χ3n) is 6.13. The largest absolute Gasteiger partial charge is 0.329 e. The van der Waals surface area contributed by atoms with Gasteiger partial charge in [-0.3, -0.25) is 9.36 Å². The van der Waals surface area contributed by atoms with Crippen LogP contribution in [-0.2, 0) is 21.9 Å². The second-order valence-corrected chi connectivity index (χ2v) is 10.1. The van der Waals surface area contributed by atoms with Crippen molar-refractivity contribution in [2.75, 3.05) is 5.32 Å². The second kappa shape index (κ2) is 8.89. The van der Waals surface area contributed by atoms with Crippen molar-refractivity contribution >= 4 is 25.3 Å². The molecule has 0 radical (unpaired) electrons. The average Bonchev–Trinajstić information content (AvgIpc) is 2.74. The Labute approximate surface area is 177 Å². The van der Waals surface area contributed by atoms with E-state index in [0.717, 1.165) is 17.6 Å². The summed E-state index contributed by atoms with van der Waals surface area (Å²) in [5.74, 6) is 0.523. The fraction of sp³-hybridized carbons (Fsp3) is 0.375. The minimum absolute atomic E-state index is 0.119. The van der Waals surface area contributed by atoms with Crippen LogP contribution in [0.4, 0.5) is 5.69 Å². The molecule has 0 unspecified atom stereocenters. The van der Waals surface area contributed by atoms with Crippen molar-refractivity contribution in [2.24, 2.45) is 0 Å². The lowest BCUT2D eigenvalue weighted by molar-refractivity contribution is -0.112. The van der Waals surface area contributed by atoms with Crippen molar-refractivity contribution in [3.05, 3.63) is 70.3 Å². The Morgan fingerprint density at radius 1 is 1.00 bits per heavy atom. The zero-order valence-corrected chi connectivity index (χ0v) is 17.9. The van der Waals surface area contributed by atoms with Crippen molar-refractivity contribution in [3.8, 4) is 0 Å². The van der Waals surface area contributed by atoms with Gasteiger partial charge in [-0.1, -0.05) is 49.6 Å². The third kappa shape index (κ3) is 5.28. The van der Waals surface area contributed by atoms with Gasteiger partial charge in [-0.2, -0.15) is 0 Å². The Kier molecular flexibility index (Phi) is 6.24. The summed E-state index contributed by atoms with van der Waals surface area (Å²) in [6.07, 6.45) is 9.75. The zero-order valence-electron chi connectivity index (χ0n) is 17.0. The molecule has 0 spiro atoms. The van der Waals surface area contributed by atoms with Crippen molar-refractivity contribution in [1.82, 2.24) is 0 Å². The van der Waals surface area contributed by atoms with Crippen LogP contribution >= 0.6 is 7.60 Å². The Morgan fingerprint density at radius 3 is 2.43 bits per heavy atom. The van der Waals surface area contributed by atoms with E-state index in [4.69, 9.17) is 9.79 Å². The van der Waals surface area contributed by atoms with Crippen molar-refractivity contribution in [2.45, 2.75) is 57.0 Å². The van der Waals surface area contributed by atoms with E-state index in [1.807, 2.05) is 6.08 Å². The molecule has 0 heterocycles. The van der Waals surface area contributed by atoms with E-state index in [9.17, 15) is 9.36 Å². The van der Waals surface area contributed by atoms with Crippen LogP contribution in [0.1, 0.15) is 66.7 Å². The van der Waals surface area contributed by atoms with E-state index in [1.54, 1.807) is 24.3 Å². The van der Waals surface area contributed by atoms with Crippen LogP contribution in [0.5, 0.6) is 0 Å². The van der Waals surface area contributed by atoms with E-state index in [-0.39, 0.29) is 12.1 Å². The van der Waals surface area contributed by atoms with Crippen LogP contribution in [0, 0.1) is 0 Å². The first-order valence-electron chi connectivity index (χ1n) is 10.7. The number of rotatable bonds is 5. The SMILES string of the molecule is O=C(Nc1ccc(CP(=O)(O)O)cc1)C1=Cc2cc(C3CCCCC3)ccc2CC1. The lowest BCUT2D eigenvalue weighted by atomic mass is 9.81. The average molecular weight is 425 g/mol. The van der Waals surface area contributed by atoms with Gasteiger partial charge < -0.3 is 15.1 Å². The number of hydrogen-bond donors (Lipinski definition) is 3. The van der Waals surface area contributed by atoms with Crippen molar-refractivity contribution in [1.29, 1.82) is 0 Å². The molecule has 1 amide bonds. The summed E-state index contributed by atoms with van der Waals surface area (Å²) in [6.45, 7) is 0. The normalized spacial score (nSPS) is 17.2. The number of benzene rings is 2. The Morgan fingerprint density at radius 2 is 1.73 bits per heavy atom. The molecule has 2 aliphatic rings. The van der Waals surface area contributed by atoms with E-state index in [2.05, 4.69) is 23.5 Å². The van der Waals surface area contributed by atoms with Gasteiger partial charge in [0.1, 0.15) is 0 Å². The Hall–Kier alpha value is -2.20. The monoisotopic (exact) mass is 425 g/mol. The first kappa shape index (κ1) is 21.0.